The molecule has 1 aromatic carbocycles. The zero-order valence-corrected chi connectivity index (χ0v) is 12.4. The minimum Gasteiger partial charge on any atom is -0.409 e. The standard InChI is InChI=1S/C14H17ClFN3O2/c1-14(13(17)18-21)4-6-19(7-5-14)12(20)10-3-2-9(16)8-11(10)15/h2-3,8,21H,4-7H2,1H3,(H2,17,18). The second-order valence-electron chi connectivity index (χ2n) is 5.46. The van der Waals surface area contributed by atoms with Crippen molar-refractivity contribution in [3.63, 3.8) is 0 Å². The molecule has 0 aliphatic carbocycles. The molecule has 3 N–H and O–H groups in total. The fourth-order valence-electron chi connectivity index (χ4n) is 2.41. The number of carbonyl (C=O) groups excluding carboxylic acids is 1. The molecule has 1 fully saturated rings. The molecular weight excluding hydrogens is 297 g/mol. The Kier molecular flexibility index (Phi) is 4.37. The average molecular weight is 314 g/mol. The van der Waals surface area contributed by atoms with Crippen molar-refractivity contribution in [2.24, 2.45) is 16.3 Å². The zero-order valence-electron chi connectivity index (χ0n) is 11.6. The van der Waals surface area contributed by atoms with Gasteiger partial charge in [0.1, 0.15) is 11.7 Å². The number of carbonyl (C=O) groups is 1. The van der Waals surface area contributed by atoms with E-state index in [0.29, 0.717) is 25.9 Å². The van der Waals surface area contributed by atoms with Crippen LogP contribution >= 0.6 is 11.6 Å². The molecule has 0 aromatic heterocycles. The minimum atomic E-state index is -0.477. The van der Waals surface area contributed by atoms with Crippen LogP contribution in [0.15, 0.2) is 23.4 Å². The summed E-state index contributed by atoms with van der Waals surface area (Å²) in [5.74, 6) is -0.536. The van der Waals surface area contributed by atoms with Crippen LogP contribution in [0.4, 0.5) is 4.39 Å². The van der Waals surface area contributed by atoms with E-state index in [9.17, 15) is 9.18 Å². The number of oxime groups is 1. The van der Waals surface area contributed by atoms with Crippen molar-refractivity contribution in [1.29, 1.82) is 0 Å². The number of nitrogens with zero attached hydrogens (tertiary/aromatic N) is 2. The lowest BCUT2D eigenvalue weighted by molar-refractivity contribution is 0.0666. The number of rotatable bonds is 2. The van der Waals surface area contributed by atoms with Gasteiger partial charge < -0.3 is 15.8 Å². The number of amides is 1. The van der Waals surface area contributed by atoms with Gasteiger partial charge in [0.25, 0.3) is 5.91 Å². The molecule has 0 spiro atoms. The third-order valence-electron chi connectivity index (χ3n) is 4.04. The van der Waals surface area contributed by atoms with Gasteiger partial charge in [0.15, 0.2) is 0 Å². The van der Waals surface area contributed by atoms with E-state index in [0.717, 1.165) is 6.07 Å². The molecule has 1 saturated heterocycles. The van der Waals surface area contributed by atoms with E-state index in [1.165, 1.54) is 12.1 Å². The lowest BCUT2D eigenvalue weighted by Crippen LogP contribution is -2.47. The van der Waals surface area contributed by atoms with Gasteiger partial charge in [-0.05, 0) is 31.0 Å². The van der Waals surface area contributed by atoms with Gasteiger partial charge in [-0.15, -0.1) is 0 Å². The van der Waals surface area contributed by atoms with E-state index >= 15 is 0 Å². The van der Waals surface area contributed by atoms with Crippen molar-refractivity contribution >= 4 is 23.3 Å². The summed E-state index contributed by atoms with van der Waals surface area (Å²) in [6, 6.07) is 3.72. The summed E-state index contributed by atoms with van der Waals surface area (Å²) in [7, 11) is 0. The van der Waals surface area contributed by atoms with Crippen LogP contribution in [-0.2, 0) is 0 Å². The normalized spacial score (nSPS) is 18.6. The maximum absolute atomic E-state index is 13.0. The molecule has 1 heterocycles. The van der Waals surface area contributed by atoms with Crippen LogP contribution in [0, 0.1) is 11.2 Å². The van der Waals surface area contributed by atoms with Gasteiger partial charge in [0.05, 0.1) is 10.6 Å². The Morgan fingerprint density at radius 3 is 2.62 bits per heavy atom. The fourth-order valence-corrected chi connectivity index (χ4v) is 2.66. The molecule has 0 bridgehead atoms. The Hall–Kier alpha value is -1.82. The monoisotopic (exact) mass is 313 g/mol. The number of hydrogen-bond acceptors (Lipinski definition) is 3. The highest BCUT2D eigenvalue weighted by atomic mass is 35.5. The first kappa shape index (κ1) is 15.6. The van der Waals surface area contributed by atoms with E-state index in [1.54, 1.807) is 4.90 Å². The topological polar surface area (TPSA) is 78.9 Å². The Labute approximate surface area is 127 Å². The lowest BCUT2D eigenvalue weighted by Gasteiger charge is -2.38. The summed E-state index contributed by atoms with van der Waals surface area (Å²) in [5.41, 5.74) is 5.55. The summed E-state index contributed by atoms with van der Waals surface area (Å²) in [5, 5.41) is 12.0. The van der Waals surface area contributed by atoms with Crippen LogP contribution < -0.4 is 5.73 Å². The van der Waals surface area contributed by atoms with Crippen LogP contribution in [0.2, 0.25) is 5.02 Å². The smallest absolute Gasteiger partial charge is 0.255 e. The van der Waals surface area contributed by atoms with Gasteiger partial charge in [-0.2, -0.15) is 0 Å². The quantitative estimate of drug-likeness (QED) is 0.381. The third-order valence-corrected chi connectivity index (χ3v) is 4.35. The van der Waals surface area contributed by atoms with Crippen LogP contribution in [0.3, 0.4) is 0 Å². The van der Waals surface area contributed by atoms with Crippen LogP contribution in [0.5, 0.6) is 0 Å². The molecule has 0 saturated carbocycles. The van der Waals surface area contributed by atoms with Crippen molar-refractivity contribution in [2.75, 3.05) is 13.1 Å². The predicted molar refractivity (Wildman–Crippen MR) is 78.1 cm³/mol. The molecule has 1 aromatic rings. The van der Waals surface area contributed by atoms with Gasteiger partial charge >= 0.3 is 0 Å². The van der Waals surface area contributed by atoms with Crippen molar-refractivity contribution < 1.29 is 14.4 Å². The van der Waals surface area contributed by atoms with Gasteiger partial charge in [-0.1, -0.05) is 23.7 Å². The van der Waals surface area contributed by atoms with E-state index in [4.69, 9.17) is 22.5 Å². The molecule has 5 nitrogen and oxygen atoms in total. The number of likely N-dealkylation sites (tertiary alicyclic amines) is 1. The Morgan fingerprint density at radius 1 is 1.48 bits per heavy atom. The largest absolute Gasteiger partial charge is 0.409 e. The molecular formula is C14H17ClFN3O2. The fraction of sp³-hybridized carbons (Fsp3) is 0.429. The predicted octanol–water partition coefficient (Wildman–Crippen LogP) is 2.47. The van der Waals surface area contributed by atoms with Crippen molar-refractivity contribution in [2.45, 2.75) is 19.8 Å². The molecule has 114 valence electrons. The maximum Gasteiger partial charge on any atom is 0.255 e. The molecule has 1 aliphatic heterocycles. The molecule has 0 atom stereocenters. The van der Waals surface area contributed by atoms with Gasteiger partial charge in [-0.3, -0.25) is 4.79 Å². The second-order valence-corrected chi connectivity index (χ2v) is 5.87. The Balaban J connectivity index is 2.10. The van der Waals surface area contributed by atoms with Crippen LogP contribution in [0.1, 0.15) is 30.1 Å². The van der Waals surface area contributed by atoms with E-state index in [1.807, 2.05) is 6.92 Å². The van der Waals surface area contributed by atoms with Crippen LogP contribution in [0.25, 0.3) is 0 Å². The first-order valence-electron chi connectivity index (χ1n) is 6.60. The average Bonchev–Trinajstić information content (AvgIpc) is 2.46. The van der Waals surface area contributed by atoms with Crippen molar-refractivity contribution in [3.05, 3.63) is 34.6 Å². The molecule has 1 aliphatic rings. The number of amidine groups is 1. The summed E-state index contributed by atoms with van der Waals surface area (Å²) in [4.78, 5) is 14.0. The Bertz CT molecular complexity index is 584. The van der Waals surface area contributed by atoms with Gasteiger partial charge in [-0.25, -0.2) is 4.39 Å². The van der Waals surface area contributed by atoms with Crippen molar-refractivity contribution in [3.8, 4) is 0 Å². The number of piperidine rings is 1. The zero-order chi connectivity index (χ0) is 15.6. The second kappa shape index (κ2) is 5.89. The van der Waals surface area contributed by atoms with Gasteiger partial charge in [0.2, 0.25) is 0 Å². The Morgan fingerprint density at radius 2 is 2.10 bits per heavy atom. The summed E-state index contributed by atoms with van der Waals surface area (Å²) in [6.45, 7) is 2.84. The SMILES string of the molecule is CC1(/C(N)=N/O)CCN(C(=O)c2ccc(F)cc2Cl)CC1. The molecule has 7 heteroatoms. The molecule has 0 unspecified atom stereocenters. The maximum atomic E-state index is 13.0. The highest BCUT2D eigenvalue weighted by molar-refractivity contribution is 6.33. The molecule has 2 rings (SSSR count). The van der Waals surface area contributed by atoms with Crippen molar-refractivity contribution in [1.82, 2.24) is 4.90 Å². The molecule has 21 heavy (non-hydrogen) atoms. The number of halogens is 2. The first-order valence-corrected chi connectivity index (χ1v) is 6.97. The highest BCUT2D eigenvalue weighted by Gasteiger charge is 2.36. The lowest BCUT2D eigenvalue weighted by atomic mass is 9.79. The summed E-state index contributed by atoms with van der Waals surface area (Å²) >= 11 is 5.91. The van der Waals surface area contributed by atoms with E-state index in [2.05, 4.69) is 5.16 Å². The number of benzene rings is 1. The summed E-state index contributed by atoms with van der Waals surface area (Å²) < 4.78 is 13.0. The van der Waals surface area contributed by atoms with E-state index in [-0.39, 0.29) is 22.3 Å². The number of nitrogens with two attached hydrogens (primary N) is 1. The highest BCUT2D eigenvalue weighted by Crippen LogP contribution is 2.32. The molecule has 0 radical (unpaired) electrons. The molecule has 1 amide bonds. The first-order chi connectivity index (χ1) is 9.87. The van der Waals surface area contributed by atoms with Crippen LogP contribution in [-0.4, -0.2) is 34.9 Å². The van der Waals surface area contributed by atoms with E-state index < -0.39 is 11.2 Å². The summed E-state index contributed by atoms with van der Waals surface area (Å²) in [6.07, 6.45) is 1.18. The minimum absolute atomic E-state index is 0.102. The van der Waals surface area contributed by atoms with Gasteiger partial charge in [0, 0.05) is 18.5 Å². The number of hydrogen-bond donors (Lipinski definition) is 2. The third kappa shape index (κ3) is 3.10.